The third-order valence-electron chi connectivity index (χ3n) is 11.6. The van der Waals surface area contributed by atoms with Crippen molar-refractivity contribution >= 4 is 0 Å². The molecule has 0 aliphatic heterocycles. The predicted octanol–water partition coefficient (Wildman–Crippen LogP) is 3.53. The quantitative estimate of drug-likeness (QED) is 0.516. The highest BCUT2D eigenvalue weighted by molar-refractivity contribution is 5.15. The second kappa shape index (κ2) is 8.74. The monoisotopic (exact) mass is 476 g/mol. The maximum Gasteiger partial charge on any atom is 0.438 e. The fourth-order valence-corrected chi connectivity index (χ4v) is 9.82. The fourth-order valence-electron chi connectivity index (χ4n) is 9.82. The molecule has 5 rings (SSSR count). The van der Waals surface area contributed by atoms with Gasteiger partial charge in [0, 0.05) is 6.42 Å². The fraction of sp³-hybridized carbons (Fsp3) is 0.926. The van der Waals surface area contributed by atoms with E-state index in [0.717, 1.165) is 51.4 Å². The third-order valence-corrected chi connectivity index (χ3v) is 11.6. The molecule has 4 fully saturated rings. The molecule has 0 amide bonds. The number of nitrogens with one attached hydrogen (secondary N) is 1. The topological polar surface area (TPSA) is 120 Å². The van der Waals surface area contributed by atoms with Crippen LogP contribution in [0.15, 0.2) is 9.32 Å². The summed E-state index contributed by atoms with van der Waals surface area (Å²) >= 11 is 0. The standard InChI is InChI=1S/C27H44N2O5/c1-5-16-19-12-15(30)10-11-26(19,3)20-13-21(31)27(4)17(7-8-18(27)23(20)24(16)32)14(2)6-9-22-28-25(33)34-29-22/h14-21,23-24,30-32H,5-13H2,1-4H3,(H,28,29,33)/t14-,15-,16-,17?,18?,19+,20?,21+,23?,24-,26+,27-/m1/s1. The summed E-state index contributed by atoms with van der Waals surface area (Å²) in [7, 11) is 0. The minimum absolute atomic E-state index is 0.0780. The molecule has 0 spiro atoms. The van der Waals surface area contributed by atoms with E-state index in [0.29, 0.717) is 41.8 Å². The Labute approximate surface area is 202 Å². The van der Waals surface area contributed by atoms with Crippen LogP contribution in [0.1, 0.15) is 84.9 Å². The molecular formula is C27H44N2O5. The Morgan fingerprint density at radius 2 is 1.88 bits per heavy atom. The zero-order valence-corrected chi connectivity index (χ0v) is 21.2. The first-order chi connectivity index (χ1) is 16.1. The highest BCUT2D eigenvalue weighted by Crippen LogP contribution is 2.69. The summed E-state index contributed by atoms with van der Waals surface area (Å²) in [4.78, 5) is 13.9. The minimum Gasteiger partial charge on any atom is -0.393 e. The third kappa shape index (κ3) is 3.55. The second-order valence-electron chi connectivity index (χ2n) is 12.8. The van der Waals surface area contributed by atoms with Gasteiger partial charge in [-0.05, 0) is 97.2 Å². The normalized spacial score (nSPS) is 49.2. The molecule has 0 saturated heterocycles. The summed E-state index contributed by atoms with van der Waals surface area (Å²) in [5.41, 5.74) is -0.136. The van der Waals surface area contributed by atoms with Gasteiger partial charge in [0.15, 0.2) is 5.82 Å². The summed E-state index contributed by atoms with van der Waals surface area (Å²) in [6.07, 6.45) is 7.00. The molecule has 0 aromatic carbocycles. The van der Waals surface area contributed by atoms with Crippen LogP contribution in [-0.2, 0) is 6.42 Å². The zero-order valence-electron chi connectivity index (χ0n) is 21.2. The van der Waals surface area contributed by atoms with Crippen LogP contribution < -0.4 is 5.76 Å². The van der Waals surface area contributed by atoms with Crippen LogP contribution in [0.4, 0.5) is 0 Å². The summed E-state index contributed by atoms with van der Waals surface area (Å²) in [6, 6.07) is 0. The maximum absolute atomic E-state index is 11.8. The van der Waals surface area contributed by atoms with Crippen molar-refractivity contribution < 1.29 is 19.8 Å². The first-order valence-corrected chi connectivity index (χ1v) is 13.7. The molecule has 7 heteroatoms. The Hall–Kier alpha value is -1.18. The number of hydrogen-bond acceptors (Lipinski definition) is 6. The summed E-state index contributed by atoms with van der Waals surface area (Å²) in [6.45, 7) is 9.15. The number of H-pyrrole nitrogens is 1. The Balaban J connectivity index is 1.41. The van der Waals surface area contributed by atoms with Crippen molar-refractivity contribution in [1.29, 1.82) is 0 Å². The van der Waals surface area contributed by atoms with Crippen molar-refractivity contribution in [3.63, 3.8) is 0 Å². The molecular weight excluding hydrogens is 432 g/mol. The van der Waals surface area contributed by atoms with Crippen LogP contribution in [0.25, 0.3) is 0 Å². The van der Waals surface area contributed by atoms with Gasteiger partial charge in [0.25, 0.3) is 0 Å². The van der Waals surface area contributed by atoms with Gasteiger partial charge in [0.05, 0.1) is 18.3 Å². The molecule has 4 N–H and O–H groups in total. The van der Waals surface area contributed by atoms with Crippen LogP contribution in [0, 0.1) is 52.3 Å². The summed E-state index contributed by atoms with van der Waals surface area (Å²) in [5.74, 6) is 2.22. The second-order valence-corrected chi connectivity index (χ2v) is 12.8. The molecule has 4 aliphatic rings. The molecule has 1 aromatic rings. The van der Waals surface area contributed by atoms with Crippen LogP contribution in [0.5, 0.6) is 0 Å². The lowest BCUT2D eigenvalue weighted by Crippen LogP contribution is -2.65. The molecule has 0 radical (unpaired) electrons. The molecule has 34 heavy (non-hydrogen) atoms. The lowest BCUT2D eigenvalue weighted by molar-refractivity contribution is -0.228. The van der Waals surface area contributed by atoms with Crippen molar-refractivity contribution in [3.05, 3.63) is 16.4 Å². The van der Waals surface area contributed by atoms with E-state index in [-0.39, 0.29) is 41.0 Å². The lowest BCUT2D eigenvalue weighted by atomic mass is 9.41. The van der Waals surface area contributed by atoms with E-state index in [1.165, 1.54) is 0 Å². The molecule has 0 bridgehead atoms. The highest BCUT2D eigenvalue weighted by Gasteiger charge is 2.67. The van der Waals surface area contributed by atoms with E-state index in [1.54, 1.807) is 0 Å². The number of aromatic nitrogens is 2. The van der Waals surface area contributed by atoms with E-state index < -0.39 is 5.76 Å². The first-order valence-electron chi connectivity index (χ1n) is 13.7. The molecule has 4 unspecified atom stereocenters. The van der Waals surface area contributed by atoms with Crippen LogP contribution in [0.2, 0.25) is 0 Å². The lowest BCUT2D eigenvalue weighted by Gasteiger charge is -2.65. The SMILES string of the molecule is CC[C@H]1[C@@H](O)C2C3CCC([C@H](C)CCc4noc(=O)[nH]4)[C@@]3(C)[C@@H](O)CC2[C@@]2(C)CC[C@@H](O)C[C@@H]12. The summed E-state index contributed by atoms with van der Waals surface area (Å²) < 4.78 is 4.65. The number of rotatable bonds is 5. The van der Waals surface area contributed by atoms with E-state index >= 15 is 0 Å². The van der Waals surface area contributed by atoms with Crippen LogP contribution in [0.3, 0.4) is 0 Å². The Morgan fingerprint density at radius 1 is 1.12 bits per heavy atom. The molecule has 1 aromatic heterocycles. The molecule has 1 heterocycles. The van der Waals surface area contributed by atoms with Gasteiger partial charge < -0.3 is 15.3 Å². The van der Waals surface area contributed by atoms with Gasteiger partial charge in [-0.25, -0.2) is 4.79 Å². The van der Waals surface area contributed by atoms with Gasteiger partial charge in [0.2, 0.25) is 0 Å². The van der Waals surface area contributed by atoms with Gasteiger partial charge in [0.1, 0.15) is 0 Å². The number of aliphatic hydroxyl groups excluding tert-OH is 3. The number of aryl methyl sites for hydroxylation is 1. The van der Waals surface area contributed by atoms with Crippen molar-refractivity contribution in [2.45, 2.75) is 104 Å². The summed E-state index contributed by atoms with van der Waals surface area (Å²) in [5, 5.41) is 37.8. The molecule has 12 atom stereocenters. The Bertz CT molecular complexity index is 930. The number of fused-ring (bicyclic) bond motifs is 5. The van der Waals surface area contributed by atoms with Gasteiger partial charge in [-0.15, -0.1) is 0 Å². The van der Waals surface area contributed by atoms with Gasteiger partial charge in [-0.1, -0.05) is 39.3 Å². The molecule has 4 aliphatic carbocycles. The van der Waals surface area contributed by atoms with Crippen LogP contribution in [-0.4, -0.2) is 43.8 Å². The maximum atomic E-state index is 11.8. The van der Waals surface area contributed by atoms with E-state index in [4.69, 9.17) is 0 Å². The van der Waals surface area contributed by atoms with E-state index in [2.05, 4.69) is 42.4 Å². The van der Waals surface area contributed by atoms with Gasteiger partial charge in [-0.2, -0.15) is 0 Å². The van der Waals surface area contributed by atoms with Crippen molar-refractivity contribution in [1.82, 2.24) is 10.1 Å². The zero-order chi connectivity index (χ0) is 24.4. The van der Waals surface area contributed by atoms with E-state index in [1.807, 2.05) is 0 Å². The van der Waals surface area contributed by atoms with Crippen LogP contribution >= 0.6 is 0 Å². The van der Waals surface area contributed by atoms with Gasteiger partial charge >= 0.3 is 5.76 Å². The van der Waals surface area contributed by atoms with Crippen molar-refractivity contribution in [2.24, 2.45) is 52.3 Å². The minimum atomic E-state index is -0.511. The number of aromatic amines is 1. The number of hydrogen-bond donors (Lipinski definition) is 4. The largest absolute Gasteiger partial charge is 0.438 e. The van der Waals surface area contributed by atoms with Gasteiger partial charge in [-0.3, -0.25) is 9.51 Å². The Morgan fingerprint density at radius 3 is 2.56 bits per heavy atom. The predicted molar refractivity (Wildman–Crippen MR) is 128 cm³/mol. The average Bonchev–Trinajstić information content (AvgIpc) is 3.38. The highest BCUT2D eigenvalue weighted by atomic mass is 16.5. The van der Waals surface area contributed by atoms with Crippen molar-refractivity contribution in [2.75, 3.05) is 0 Å². The van der Waals surface area contributed by atoms with Crippen molar-refractivity contribution in [3.8, 4) is 0 Å². The number of aliphatic hydroxyl groups is 3. The van der Waals surface area contributed by atoms with E-state index in [9.17, 15) is 20.1 Å². The molecule has 7 nitrogen and oxygen atoms in total. The molecule has 4 saturated carbocycles. The molecule has 192 valence electrons. The number of nitrogens with zero attached hydrogens (tertiary/aromatic N) is 1. The smallest absolute Gasteiger partial charge is 0.393 e. The Kier molecular flexibility index (Phi) is 6.30. The first kappa shape index (κ1) is 24.5. The average molecular weight is 477 g/mol.